The average molecular weight is 215 g/mol. The summed E-state index contributed by atoms with van der Waals surface area (Å²) in [4.78, 5) is 11.2. The first kappa shape index (κ1) is 12.5. The van der Waals surface area contributed by atoms with Gasteiger partial charge in [-0.25, -0.2) is 0 Å². The molecule has 0 radical (unpaired) electrons. The molecule has 1 amide bonds. The normalized spacial score (nSPS) is 21.3. The van der Waals surface area contributed by atoms with E-state index in [1.54, 1.807) is 0 Å². The van der Waals surface area contributed by atoms with Crippen LogP contribution in [0.1, 0.15) is 32.6 Å². The standard InChI is InChI=1S/C11H21NO3/c1-2-14-9-11(13)12-7-6-10-5-3-4-8-15-10/h10H,2-9H2,1H3,(H,12,13). The third-order valence-corrected chi connectivity index (χ3v) is 2.50. The van der Waals surface area contributed by atoms with E-state index in [0.29, 0.717) is 19.3 Å². The van der Waals surface area contributed by atoms with Crippen LogP contribution in [0.2, 0.25) is 0 Å². The Labute approximate surface area is 91.3 Å². The Hall–Kier alpha value is -0.610. The molecule has 0 aromatic rings. The molecule has 1 rings (SSSR count). The second-order valence-electron chi connectivity index (χ2n) is 3.76. The Balaban J connectivity index is 1.97. The van der Waals surface area contributed by atoms with Crippen molar-refractivity contribution in [2.45, 2.75) is 38.7 Å². The zero-order valence-corrected chi connectivity index (χ0v) is 9.46. The van der Waals surface area contributed by atoms with E-state index in [2.05, 4.69) is 5.32 Å². The van der Waals surface area contributed by atoms with Gasteiger partial charge in [-0.1, -0.05) is 0 Å². The molecule has 1 fully saturated rings. The summed E-state index contributed by atoms with van der Waals surface area (Å²) in [6.45, 7) is 4.19. The third-order valence-electron chi connectivity index (χ3n) is 2.50. The summed E-state index contributed by atoms with van der Waals surface area (Å²) in [7, 11) is 0. The van der Waals surface area contributed by atoms with E-state index in [4.69, 9.17) is 9.47 Å². The maximum atomic E-state index is 11.2. The molecule has 0 saturated carbocycles. The van der Waals surface area contributed by atoms with Crippen molar-refractivity contribution < 1.29 is 14.3 Å². The fourth-order valence-electron chi connectivity index (χ4n) is 1.65. The number of carbonyl (C=O) groups excluding carboxylic acids is 1. The molecule has 1 unspecified atom stereocenters. The van der Waals surface area contributed by atoms with E-state index < -0.39 is 0 Å². The Morgan fingerprint density at radius 1 is 1.53 bits per heavy atom. The molecule has 88 valence electrons. The van der Waals surface area contributed by atoms with Gasteiger partial charge in [-0.3, -0.25) is 4.79 Å². The second-order valence-corrected chi connectivity index (χ2v) is 3.76. The molecule has 1 aliphatic heterocycles. The first-order valence-electron chi connectivity index (χ1n) is 5.79. The van der Waals surface area contributed by atoms with Crippen LogP contribution in [0.15, 0.2) is 0 Å². The highest BCUT2D eigenvalue weighted by atomic mass is 16.5. The van der Waals surface area contributed by atoms with Crippen LogP contribution in [0.4, 0.5) is 0 Å². The first-order chi connectivity index (χ1) is 7.33. The molecule has 1 aliphatic rings. The van der Waals surface area contributed by atoms with Crippen LogP contribution in [0.5, 0.6) is 0 Å². The predicted molar refractivity (Wildman–Crippen MR) is 57.7 cm³/mol. The van der Waals surface area contributed by atoms with Crippen molar-refractivity contribution in [3.05, 3.63) is 0 Å². The van der Waals surface area contributed by atoms with Crippen molar-refractivity contribution in [2.75, 3.05) is 26.4 Å². The van der Waals surface area contributed by atoms with E-state index in [1.807, 2.05) is 6.92 Å². The summed E-state index contributed by atoms with van der Waals surface area (Å²) >= 11 is 0. The van der Waals surface area contributed by atoms with Crippen LogP contribution in [0.3, 0.4) is 0 Å². The SMILES string of the molecule is CCOCC(=O)NCCC1CCCCO1. The molecule has 0 aromatic heterocycles. The van der Waals surface area contributed by atoms with E-state index in [9.17, 15) is 4.79 Å². The van der Waals surface area contributed by atoms with Gasteiger partial charge in [-0.05, 0) is 32.6 Å². The molecule has 0 aliphatic carbocycles. The van der Waals surface area contributed by atoms with Gasteiger partial charge in [0.15, 0.2) is 0 Å². The van der Waals surface area contributed by atoms with Crippen LogP contribution >= 0.6 is 0 Å². The number of amides is 1. The quantitative estimate of drug-likeness (QED) is 0.721. The molecule has 1 atom stereocenters. The largest absolute Gasteiger partial charge is 0.378 e. The van der Waals surface area contributed by atoms with Gasteiger partial charge < -0.3 is 14.8 Å². The smallest absolute Gasteiger partial charge is 0.245 e. The van der Waals surface area contributed by atoms with Gasteiger partial charge >= 0.3 is 0 Å². The Bertz CT molecular complexity index is 179. The van der Waals surface area contributed by atoms with Crippen molar-refractivity contribution in [3.63, 3.8) is 0 Å². The van der Waals surface area contributed by atoms with Crippen LogP contribution in [-0.2, 0) is 14.3 Å². The van der Waals surface area contributed by atoms with Gasteiger partial charge in [-0.15, -0.1) is 0 Å². The van der Waals surface area contributed by atoms with E-state index in [-0.39, 0.29) is 12.5 Å². The highest BCUT2D eigenvalue weighted by Gasteiger charge is 2.13. The second kappa shape index (κ2) is 7.65. The zero-order valence-electron chi connectivity index (χ0n) is 9.46. The highest BCUT2D eigenvalue weighted by molar-refractivity contribution is 5.77. The summed E-state index contributed by atoms with van der Waals surface area (Å²) in [5.74, 6) is -0.0346. The maximum absolute atomic E-state index is 11.2. The Morgan fingerprint density at radius 3 is 3.07 bits per heavy atom. The van der Waals surface area contributed by atoms with Crippen LogP contribution in [0.25, 0.3) is 0 Å². The lowest BCUT2D eigenvalue weighted by molar-refractivity contribution is -0.125. The minimum absolute atomic E-state index is 0.0346. The number of ether oxygens (including phenoxy) is 2. The number of hydrogen-bond acceptors (Lipinski definition) is 3. The Morgan fingerprint density at radius 2 is 2.40 bits per heavy atom. The van der Waals surface area contributed by atoms with Crippen molar-refractivity contribution in [3.8, 4) is 0 Å². The van der Waals surface area contributed by atoms with Gasteiger partial charge in [0.05, 0.1) is 6.10 Å². The maximum Gasteiger partial charge on any atom is 0.245 e. The zero-order chi connectivity index (χ0) is 10.9. The summed E-state index contributed by atoms with van der Waals surface area (Å²) in [5, 5.41) is 2.82. The van der Waals surface area contributed by atoms with E-state index in [1.165, 1.54) is 12.8 Å². The minimum Gasteiger partial charge on any atom is -0.378 e. The average Bonchev–Trinajstić information content (AvgIpc) is 2.28. The number of hydrogen-bond donors (Lipinski definition) is 1. The molecule has 1 N–H and O–H groups in total. The summed E-state index contributed by atoms with van der Waals surface area (Å²) < 4.78 is 10.6. The van der Waals surface area contributed by atoms with Crippen molar-refractivity contribution in [1.29, 1.82) is 0 Å². The molecule has 4 nitrogen and oxygen atoms in total. The lowest BCUT2D eigenvalue weighted by Gasteiger charge is -2.22. The summed E-state index contributed by atoms with van der Waals surface area (Å²) in [5.41, 5.74) is 0. The molecular formula is C11H21NO3. The topological polar surface area (TPSA) is 47.6 Å². The summed E-state index contributed by atoms with van der Waals surface area (Å²) in [6.07, 6.45) is 4.80. The van der Waals surface area contributed by atoms with Crippen LogP contribution in [0, 0.1) is 0 Å². The van der Waals surface area contributed by atoms with Crippen molar-refractivity contribution >= 4 is 5.91 Å². The lowest BCUT2D eigenvalue weighted by Crippen LogP contribution is -2.31. The monoisotopic (exact) mass is 215 g/mol. The molecule has 15 heavy (non-hydrogen) atoms. The van der Waals surface area contributed by atoms with Gasteiger partial charge in [0.1, 0.15) is 6.61 Å². The fourth-order valence-corrected chi connectivity index (χ4v) is 1.65. The number of nitrogens with one attached hydrogen (secondary N) is 1. The summed E-state index contributed by atoms with van der Waals surface area (Å²) in [6, 6.07) is 0. The Kier molecular flexibility index (Phi) is 6.36. The molecule has 1 heterocycles. The molecule has 0 bridgehead atoms. The van der Waals surface area contributed by atoms with E-state index >= 15 is 0 Å². The molecule has 4 heteroatoms. The third kappa shape index (κ3) is 5.74. The molecule has 0 spiro atoms. The molecular weight excluding hydrogens is 194 g/mol. The molecule has 0 aromatic carbocycles. The first-order valence-corrected chi connectivity index (χ1v) is 5.79. The molecule has 1 saturated heterocycles. The number of carbonyl (C=O) groups is 1. The minimum atomic E-state index is -0.0346. The van der Waals surface area contributed by atoms with E-state index in [0.717, 1.165) is 19.4 Å². The fraction of sp³-hybridized carbons (Fsp3) is 0.909. The van der Waals surface area contributed by atoms with Gasteiger partial charge in [-0.2, -0.15) is 0 Å². The highest BCUT2D eigenvalue weighted by Crippen LogP contribution is 2.14. The lowest BCUT2D eigenvalue weighted by atomic mass is 10.1. The van der Waals surface area contributed by atoms with Crippen molar-refractivity contribution in [1.82, 2.24) is 5.32 Å². The van der Waals surface area contributed by atoms with Crippen LogP contribution < -0.4 is 5.32 Å². The van der Waals surface area contributed by atoms with Crippen molar-refractivity contribution in [2.24, 2.45) is 0 Å². The van der Waals surface area contributed by atoms with Gasteiger partial charge in [0, 0.05) is 19.8 Å². The van der Waals surface area contributed by atoms with Gasteiger partial charge in [0.2, 0.25) is 5.91 Å². The number of rotatable bonds is 6. The van der Waals surface area contributed by atoms with Crippen LogP contribution in [-0.4, -0.2) is 38.4 Å². The predicted octanol–water partition coefficient (Wildman–Crippen LogP) is 1.10. The van der Waals surface area contributed by atoms with Gasteiger partial charge in [0.25, 0.3) is 0 Å².